The van der Waals surface area contributed by atoms with Crippen LogP contribution in [0.3, 0.4) is 0 Å². The number of rotatable bonds is 5. The van der Waals surface area contributed by atoms with Crippen LogP contribution in [0.4, 0.5) is 5.82 Å². The average molecular weight is 273 g/mol. The molecule has 4 heteroatoms. The zero-order valence-electron chi connectivity index (χ0n) is 12.4. The number of nitrogens with two attached hydrogens (primary N) is 1. The van der Waals surface area contributed by atoms with E-state index in [1.165, 1.54) is 0 Å². The Labute approximate surface area is 119 Å². The second-order valence-corrected chi connectivity index (χ2v) is 6.09. The van der Waals surface area contributed by atoms with Crippen molar-refractivity contribution in [3.63, 3.8) is 0 Å². The first-order valence-electron chi connectivity index (χ1n) is 7.04. The average Bonchev–Trinajstić information content (AvgIpc) is 2.37. The maximum Gasteiger partial charge on any atom is 0.257 e. The summed E-state index contributed by atoms with van der Waals surface area (Å²) >= 11 is 0. The van der Waals surface area contributed by atoms with Crippen LogP contribution >= 0.6 is 0 Å². The van der Waals surface area contributed by atoms with E-state index in [1.807, 2.05) is 30.3 Å². The molecular weight excluding hydrogens is 250 g/mol. The minimum Gasteiger partial charge on any atom is -0.365 e. The lowest BCUT2D eigenvalue weighted by Crippen LogP contribution is -2.44. The minimum absolute atomic E-state index is 0.0745. The number of aromatic nitrogens is 1. The third kappa shape index (κ3) is 3.20. The number of hydrogen-bond acceptors (Lipinski definition) is 3. The Bertz CT molecular complexity index is 647. The van der Waals surface area contributed by atoms with Crippen LogP contribution in [0.5, 0.6) is 0 Å². The first kappa shape index (κ1) is 14.6. The van der Waals surface area contributed by atoms with Gasteiger partial charge in [0.15, 0.2) is 0 Å². The fourth-order valence-electron chi connectivity index (χ4n) is 2.69. The lowest BCUT2D eigenvalue weighted by Gasteiger charge is -2.32. The lowest BCUT2D eigenvalue weighted by atomic mass is 9.91. The van der Waals surface area contributed by atoms with Gasteiger partial charge in [-0.25, -0.2) is 0 Å². The summed E-state index contributed by atoms with van der Waals surface area (Å²) < 4.78 is 0. The molecule has 0 aliphatic heterocycles. The van der Waals surface area contributed by atoms with Crippen molar-refractivity contribution < 1.29 is 0 Å². The van der Waals surface area contributed by atoms with Gasteiger partial charge < -0.3 is 16.0 Å². The molecule has 0 fully saturated rings. The zero-order valence-corrected chi connectivity index (χ0v) is 12.4. The molecule has 4 N–H and O–H groups in total. The monoisotopic (exact) mass is 273 g/mol. The van der Waals surface area contributed by atoms with Crippen molar-refractivity contribution in [1.29, 1.82) is 0 Å². The van der Waals surface area contributed by atoms with E-state index >= 15 is 0 Å². The number of aromatic amines is 1. The number of fused-ring (bicyclic) bond motifs is 1. The summed E-state index contributed by atoms with van der Waals surface area (Å²) in [5.74, 6) is 1.26. The van der Waals surface area contributed by atoms with Crippen LogP contribution in [-0.4, -0.2) is 17.1 Å². The van der Waals surface area contributed by atoms with E-state index in [1.54, 1.807) is 0 Å². The molecule has 2 aromatic rings. The summed E-state index contributed by atoms with van der Waals surface area (Å²) in [6.07, 6.45) is 0.943. The molecule has 0 spiro atoms. The van der Waals surface area contributed by atoms with Gasteiger partial charge in [0.2, 0.25) is 0 Å². The Balaban J connectivity index is 2.36. The Morgan fingerprint density at radius 1 is 1.35 bits per heavy atom. The van der Waals surface area contributed by atoms with Crippen LogP contribution in [0.2, 0.25) is 0 Å². The van der Waals surface area contributed by atoms with Crippen molar-refractivity contribution in [2.75, 3.05) is 11.9 Å². The second-order valence-electron chi connectivity index (χ2n) is 6.09. The van der Waals surface area contributed by atoms with Crippen LogP contribution in [0.15, 0.2) is 35.1 Å². The van der Waals surface area contributed by atoms with Crippen LogP contribution in [-0.2, 0) is 0 Å². The quantitative estimate of drug-likeness (QED) is 0.784. The fraction of sp³-hybridized carbons (Fsp3) is 0.438. The molecule has 108 valence electrons. The number of benzene rings is 1. The van der Waals surface area contributed by atoms with Gasteiger partial charge in [-0.05, 0) is 36.8 Å². The van der Waals surface area contributed by atoms with Crippen molar-refractivity contribution in [1.82, 2.24) is 4.98 Å². The second kappa shape index (κ2) is 5.67. The number of H-pyrrole nitrogens is 1. The van der Waals surface area contributed by atoms with E-state index in [0.29, 0.717) is 17.8 Å². The maximum atomic E-state index is 12.1. The summed E-state index contributed by atoms with van der Waals surface area (Å²) in [5.41, 5.74) is 5.60. The van der Waals surface area contributed by atoms with Crippen LogP contribution in [0.25, 0.3) is 10.8 Å². The van der Waals surface area contributed by atoms with E-state index in [9.17, 15) is 4.79 Å². The third-order valence-electron chi connectivity index (χ3n) is 3.50. The van der Waals surface area contributed by atoms with Crippen molar-refractivity contribution in [2.24, 2.45) is 11.7 Å². The highest BCUT2D eigenvalue weighted by atomic mass is 16.1. The molecule has 0 saturated heterocycles. The molecule has 0 radical (unpaired) electrons. The molecule has 0 aliphatic carbocycles. The van der Waals surface area contributed by atoms with Gasteiger partial charge in [-0.3, -0.25) is 4.79 Å². The topological polar surface area (TPSA) is 70.9 Å². The molecule has 20 heavy (non-hydrogen) atoms. The molecule has 1 atom stereocenters. The normalized spacial score (nSPS) is 14.4. The van der Waals surface area contributed by atoms with Crippen LogP contribution < -0.4 is 16.6 Å². The summed E-state index contributed by atoms with van der Waals surface area (Å²) in [5, 5.41) is 5.03. The molecule has 0 aliphatic rings. The molecule has 4 nitrogen and oxygen atoms in total. The summed E-state index contributed by atoms with van der Waals surface area (Å²) in [4.78, 5) is 15.0. The Hall–Kier alpha value is -1.81. The molecule has 2 rings (SSSR count). The lowest BCUT2D eigenvalue weighted by molar-refractivity contribution is 0.406. The van der Waals surface area contributed by atoms with E-state index < -0.39 is 0 Å². The van der Waals surface area contributed by atoms with E-state index in [-0.39, 0.29) is 11.1 Å². The Morgan fingerprint density at radius 3 is 2.70 bits per heavy atom. The molecule has 0 bridgehead atoms. The molecule has 1 aromatic heterocycles. The SMILES string of the molecule is CC(C)CC(C)(CN)Nc1cc2ccccc2c(=O)[nH]1. The smallest absolute Gasteiger partial charge is 0.257 e. The van der Waals surface area contributed by atoms with Gasteiger partial charge in [0.05, 0.1) is 0 Å². The predicted octanol–water partition coefficient (Wildman–Crippen LogP) is 2.70. The number of nitrogens with one attached hydrogen (secondary N) is 2. The van der Waals surface area contributed by atoms with Gasteiger partial charge in [0.1, 0.15) is 5.82 Å². The van der Waals surface area contributed by atoms with E-state index in [4.69, 9.17) is 5.73 Å². The number of pyridine rings is 1. The molecule has 0 saturated carbocycles. The first-order valence-corrected chi connectivity index (χ1v) is 7.04. The van der Waals surface area contributed by atoms with Gasteiger partial charge in [0, 0.05) is 17.5 Å². The highest BCUT2D eigenvalue weighted by Crippen LogP contribution is 2.21. The van der Waals surface area contributed by atoms with Gasteiger partial charge in [0.25, 0.3) is 5.56 Å². The van der Waals surface area contributed by atoms with Gasteiger partial charge >= 0.3 is 0 Å². The number of hydrogen-bond donors (Lipinski definition) is 3. The van der Waals surface area contributed by atoms with Crippen molar-refractivity contribution in [2.45, 2.75) is 32.7 Å². The summed E-state index contributed by atoms with van der Waals surface area (Å²) in [6.45, 7) is 6.93. The number of anilines is 1. The largest absolute Gasteiger partial charge is 0.365 e. The van der Waals surface area contributed by atoms with Gasteiger partial charge in [-0.2, -0.15) is 0 Å². The highest BCUT2D eigenvalue weighted by molar-refractivity contribution is 5.83. The predicted molar refractivity (Wildman–Crippen MR) is 85.1 cm³/mol. The molecule has 0 amide bonds. The molecular formula is C16H23N3O. The maximum absolute atomic E-state index is 12.1. The first-order chi connectivity index (χ1) is 9.43. The van der Waals surface area contributed by atoms with Crippen LogP contribution in [0, 0.1) is 5.92 Å². The Morgan fingerprint density at radius 2 is 2.05 bits per heavy atom. The standard InChI is InChI=1S/C16H23N3O/c1-11(2)9-16(3,10-17)19-14-8-12-6-4-5-7-13(12)15(20)18-14/h4-8,11H,9-10,17H2,1-3H3,(H2,18,19,20). The van der Waals surface area contributed by atoms with Crippen molar-refractivity contribution in [3.8, 4) is 0 Å². The molecule has 1 unspecified atom stereocenters. The van der Waals surface area contributed by atoms with E-state index in [0.717, 1.165) is 17.6 Å². The van der Waals surface area contributed by atoms with Crippen LogP contribution in [0.1, 0.15) is 27.2 Å². The highest BCUT2D eigenvalue weighted by Gasteiger charge is 2.23. The fourth-order valence-corrected chi connectivity index (χ4v) is 2.69. The third-order valence-corrected chi connectivity index (χ3v) is 3.50. The van der Waals surface area contributed by atoms with Gasteiger partial charge in [-0.1, -0.05) is 32.0 Å². The summed E-state index contributed by atoms with van der Waals surface area (Å²) in [6, 6.07) is 9.53. The molecule has 1 heterocycles. The van der Waals surface area contributed by atoms with Crippen molar-refractivity contribution in [3.05, 3.63) is 40.7 Å². The minimum atomic E-state index is -0.223. The van der Waals surface area contributed by atoms with Gasteiger partial charge in [-0.15, -0.1) is 0 Å². The zero-order chi connectivity index (χ0) is 14.8. The molecule has 1 aromatic carbocycles. The van der Waals surface area contributed by atoms with E-state index in [2.05, 4.69) is 31.1 Å². The Kier molecular flexibility index (Phi) is 4.14. The van der Waals surface area contributed by atoms with Crippen molar-refractivity contribution >= 4 is 16.6 Å². The summed E-state index contributed by atoms with van der Waals surface area (Å²) in [7, 11) is 0.